The van der Waals surface area contributed by atoms with Crippen molar-refractivity contribution < 1.29 is 42.1 Å². The predicted molar refractivity (Wildman–Crippen MR) is 129 cm³/mol. The number of carbonyl (C=O) groups excluding carboxylic acids is 1. The highest BCUT2D eigenvalue weighted by Crippen LogP contribution is 2.57. The number of rotatable bonds is 13. The molecule has 0 radical (unpaired) electrons. The molecule has 0 bridgehead atoms. The molecule has 2 heterocycles. The van der Waals surface area contributed by atoms with Gasteiger partial charge in [0.25, 0.3) is 0 Å². The lowest BCUT2D eigenvalue weighted by atomic mass is 10.1. The van der Waals surface area contributed by atoms with E-state index in [-0.39, 0.29) is 25.1 Å². The van der Waals surface area contributed by atoms with Gasteiger partial charge >= 0.3 is 13.6 Å². The maximum Gasteiger partial charge on any atom is 0.368 e. The number of hydrogen-bond acceptors (Lipinski definition) is 9. The van der Waals surface area contributed by atoms with Crippen LogP contribution in [-0.2, 0) is 48.7 Å². The third kappa shape index (κ3) is 6.41. The first-order chi connectivity index (χ1) is 16.8. The van der Waals surface area contributed by atoms with Gasteiger partial charge in [0.05, 0.1) is 26.4 Å². The van der Waals surface area contributed by atoms with Gasteiger partial charge in [-0.05, 0) is 45.3 Å². The van der Waals surface area contributed by atoms with Crippen molar-refractivity contribution >= 4 is 13.6 Å². The van der Waals surface area contributed by atoms with E-state index in [2.05, 4.69) is 0 Å². The van der Waals surface area contributed by atoms with Crippen LogP contribution in [0, 0.1) is 0 Å². The summed E-state index contributed by atoms with van der Waals surface area (Å²) in [6, 6.07) is 9.71. The summed E-state index contributed by atoms with van der Waals surface area (Å²) in [5.74, 6) is -1.59. The van der Waals surface area contributed by atoms with E-state index in [1.165, 1.54) is 6.08 Å². The van der Waals surface area contributed by atoms with Gasteiger partial charge in [0.2, 0.25) is 0 Å². The monoisotopic (exact) mass is 512 g/mol. The van der Waals surface area contributed by atoms with Crippen molar-refractivity contribution in [3.05, 3.63) is 47.3 Å². The van der Waals surface area contributed by atoms with Gasteiger partial charge in [0.1, 0.15) is 23.6 Å². The number of fused-ring (bicyclic) bond motifs is 1. The van der Waals surface area contributed by atoms with Crippen LogP contribution in [0.2, 0.25) is 0 Å². The topological polar surface area (TPSA) is 98.8 Å². The third-order valence-corrected chi connectivity index (χ3v) is 8.06. The van der Waals surface area contributed by atoms with Gasteiger partial charge in [-0.1, -0.05) is 44.2 Å². The molecular weight excluding hydrogens is 475 g/mol. The van der Waals surface area contributed by atoms with Crippen LogP contribution < -0.4 is 0 Å². The molecule has 1 aromatic rings. The Kier molecular flexibility index (Phi) is 10.1. The van der Waals surface area contributed by atoms with E-state index < -0.39 is 44.0 Å². The average Bonchev–Trinajstić information content (AvgIpc) is 3.39. The van der Waals surface area contributed by atoms with Crippen molar-refractivity contribution in [2.24, 2.45) is 0 Å². The highest BCUT2D eigenvalue weighted by Gasteiger charge is 2.57. The summed E-state index contributed by atoms with van der Waals surface area (Å²) in [5, 5.41) is -0.218. The standard InChI is InChI=1S/C25H37O9P/c1-6-25(7-2)33-21-19(16-20(23(26)28-8-3)35(27,30-9-4)31-10-5)32-24(22(21)34-25)29-17-18-14-12-11-13-15-18/h11-16,19,21-22,24H,6-10,17H2,1-5H3/b20-16+/t19-,21+,22+,24+/m1/s1. The molecular formula is C25H37O9P. The molecule has 196 valence electrons. The van der Waals surface area contributed by atoms with E-state index >= 15 is 0 Å². The Labute approximate surface area is 207 Å². The Hall–Kier alpha value is -1.58. The molecule has 4 atom stereocenters. The van der Waals surface area contributed by atoms with Gasteiger partial charge < -0.3 is 32.7 Å². The lowest BCUT2D eigenvalue weighted by Crippen LogP contribution is -2.34. The molecule has 1 aromatic carbocycles. The minimum Gasteiger partial charge on any atom is -0.462 e. The molecule has 0 spiro atoms. The maximum absolute atomic E-state index is 13.6. The van der Waals surface area contributed by atoms with E-state index in [0.29, 0.717) is 19.4 Å². The molecule has 3 rings (SSSR count). The molecule has 10 heteroatoms. The lowest BCUT2D eigenvalue weighted by molar-refractivity contribution is -0.246. The summed E-state index contributed by atoms with van der Waals surface area (Å²) in [6.45, 7) is 9.57. The van der Waals surface area contributed by atoms with Gasteiger partial charge in [-0.15, -0.1) is 0 Å². The summed E-state index contributed by atoms with van der Waals surface area (Å²) >= 11 is 0. The first-order valence-electron chi connectivity index (χ1n) is 12.3. The van der Waals surface area contributed by atoms with Crippen LogP contribution >= 0.6 is 7.60 Å². The summed E-state index contributed by atoms with van der Waals surface area (Å²) in [5.41, 5.74) is 0.979. The molecule has 2 saturated heterocycles. The Morgan fingerprint density at radius 2 is 1.60 bits per heavy atom. The van der Waals surface area contributed by atoms with Crippen LogP contribution in [0.1, 0.15) is 53.0 Å². The Bertz CT molecular complexity index is 889. The van der Waals surface area contributed by atoms with Crippen LogP contribution in [0.15, 0.2) is 41.7 Å². The maximum atomic E-state index is 13.6. The van der Waals surface area contributed by atoms with Crippen molar-refractivity contribution in [2.75, 3.05) is 19.8 Å². The van der Waals surface area contributed by atoms with Crippen LogP contribution in [0.4, 0.5) is 0 Å². The summed E-state index contributed by atoms with van der Waals surface area (Å²) in [7, 11) is -3.96. The van der Waals surface area contributed by atoms with Crippen molar-refractivity contribution in [3.8, 4) is 0 Å². The zero-order valence-electron chi connectivity index (χ0n) is 21.1. The predicted octanol–water partition coefficient (Wildman–Crippen LogP) is 4.94. The molecule has 9 nitrogen and oxygen atoms in total. The molecule has 0 N–H and O–H groups in total. The van der Waals surface area contributed by atoms with Gasteiger partial charge in [-0.25, -0.2) is 4.79 Å². The molecule has 0 unspecified atom stereocenters. The van der Waals surface area contributed by atoms with E-state index in [4.69, 9.17) is 32.7 Å². The largest absolute Gasteiger partial charge is 0.462 e. The first kappa shape index (κ1) is 28.0. The second-order valence-electron chi connectivity index (χ2n) is 8.15. The third-order valence-electron chi connectivity index (χ3n) is 5.94. The van der Waals surface area contributed by atoms with Gasteiger partial charge in [0.15, 0.2) is 12.1 Å². The minimum atomic E-state index is -3.96. The summed E-state index contributed by atoms with van der Waals surface area (Å²) < 4.78 is 54.5. The van der Waals surface area contributed by atoms with Crippen molar-refractivity contribution in [2.45, 2.75) is 84.5 Å². The SMILES string of the molecule is CCOC(=O)/C(=C\[C@H]1O[C@H](OCc2ccccc2)[C@H]2OC(CC)(CC)O[C@H]21)P(=O)(OCC)OCC. The normalized spacial score (nSPS) is 26.0. The molecule has 0 saturated carbocycles. The van der Waals surface area contributed by atoms with E-state index in [1.807, 2.05) is 44.2 Å². The second kappa shape index (κ2) is 12.6. The van der Waals surface area contributed by atoms with Crippen LogP contribution in [-0.4, -0.2) is 56.2 Å². The Balaban J connectivity index is 1.94. The second-order valence-corrected chi connectivity index (χ2v) is 10.1. The van der Waals surface area contributed by atoms with Crippen LogP contribution in [0.25, 0.3) is 0 Å². The Morgan fingerprint density at radius 1 is 0.971 bits per heavy atom. The van der Waals surface area contributed by atoms with Crippen molar-refractivity contribution in [1.29, 1.82) is 0 Å². The summed E-state index contributed by atoms with van der Waals surface area (Å²) in [4.78, 5) is 12.9. The van der Waals surface area contributed by atoms with E-state index in [1.54, 1.807) is 20.8 Å². The van der Waals surface area contributed by atoms with E-state index in [9.17, 15) is 9.36 Å². The molecule has 2 aliphatic rings. The summed E-state index contributed by atoms with van der Waals surface area (Å²) in [6.07, 6.45) is -0.00589. The average molecular weight is 513 g/mol. The van der Waals surface area contributed by atoms with Gasteiger partial charge in [-0.3, -0.25) is 4.57 Å². The highest BCUT2D eigenvalue weighted by molar-refractivity contribution is 7.59. The Morgan fingerprint density at radius 3 is 2.17 bits per heavy atom. The number of benzene rings is 1. The molecule has 0 amide bonds. The molecule has 2 aliphatic heterocycles. The quantitative estimate of drug-likeness (QED) is 0.207. The fraction of sp³-hybridized carbons (Fsp3) is 0.640. The van der Waals surface area contributed by atoms with Crippen LogP contribution in [0.3, 0.4) is 0 Å². The number of carbonyl (C=O) groups is 1. The van der Waals surface area contributed by atoms with Gasteiger partial charge in [0, 0.05) is 0 Å². The first-order valence-corrected chi connectivity index (χ1v) is 13.8. The molecule has 2 fully saturated rings. The molecule has 35 heavy (non-hydrogen) atoms. The van der Waals surface area contributed by atoms with Crippen LogP contribution in [0.5, 0.6) is 0 Å². The zero-order valence-corrected chi connectivity index (χ0v) is 22.0. The lowest BCUT2D eigenvalue weighted by Gasteiger charge is -2.29. The molecule has 0 aliphatic carbocycles. The van der Waals surface area contributed by atoms with E-state index in [0.717, 1.165) is 5.56 Å². The fourth-order valence-corrected chi connectivity index (χ4v) is 5.83. The highest BCUT2D eigenvalue weighted by atomic mass is 31.2. The van der Waals surface area contributed by atoms with Crippen molar-refractivity contribution in [1.82, 2.24) is 0 Å². The van der Waals surface area contributed by atoms with Crippen molar-refractivity contribution in [3.63, 3.8) is 0 Å². The smallest absolute Gasteiger partial charge is 0.368 e. The minimum absolute atomic E-state index is 0.0861. The molecule has 0 aromatic heterocycles. The fourth-order valence-electron chi connectivity index (χ4n) is 4.18. The number of ether oxygens (including phenoxy) is 5. The zero-order chi connectivity index (χ0) is 25.5. The number of hydrogen-bond donors (Lipinski definition) is 0. The number of esters is 1. The van der Waals surface area contributed by atoms with Gasteiger partial charge in [-0.2, -0.15) is 0 Å².